The molecule has 3 rings (SSSR count). The molecule has 1 aromatic carbocycles. The van der Waals surface area contributed by atoms with Gasteiger partial charge in [-0.15, -0.1) is 0 Å². The van der Waals surface area contributed by atoms with E-state index in [1.807, 2.05) is 0 Å². The highest BCUT2D eigenvalue weighted by Gasteiger charge is 2.31. The Morgan fingerprint density at radius 2 is 1.92 bits per heavy atom. The van der Waals surface area contributed by atoms with Gasteiger partial charge in [-0.3, -0.25) is 9.59 Å². The summed E-state index contributed by atoms with van der Waals surface area (Å²) in [4.78, 5) is 25.5. The summed E-state index contributed by atoms with van der Waals surface area (Å²) in [6, 6.07) is 4.99. The smallest absolute Gasteiger partial charge is 0.305 e. The number of carbonyl (C=O) groups excluding carboxylic acids is 1. The van der Waals surface area contributed by atoms with Crippen molar-refractivity contribution in [3.63, 3.8) is 0 Å². The van der Waals surface area contributed by atoms with Crippen molar-refractivity contribution in [3.8, 4) is 11.5 Å². The zero-order valence-electron chi connectivity index (χ0n) is 14.6. The second kappa shape index (κ2) is 7.76. The Labute approximate surface area is 147 Å². The maximum absolute atomic E-state index is 12.8. The fourth-order valence-electron chi connectivity index (χ4n) is 3.77. The van der Waals surface area contributed by atoms with Crippen LogP contribution in [-0.4, -0.2) is 47.7 Å². The van der Waals surface area contributed by atoms with E-state index in [0.717, 1.165) is 25.7 Å². The van der Waals surface area contributed by atoms with Gasteiger partial charge >= 0.3 is 5.97 Å². The van der Waals surface area contributed by atoms with Crippen molar-refractivity contribution < 1.29 is 24.2 Å². The molecule has 0 radical (unpaired) electrons. The van der Waals surface area contributed by atoms with Crippen molar-refractivity contribution in [2.75, 3.05) is 13.7 Å². The van der Waals surface area contributed by atoms with Gasteiger partial charge in [0, 0.05) is 18.2 Å². The molecule has 1 saturated heterocycles. The van der Waals surface area contributed by atoms with Gasteiger partial charge in [0.2, 0.25) is 0 Å². The van der Waals surface area contributed by atoms with E-state index in [0.29, 0.717) is 23.6 Å². The minimum atomic E-state index is -0.873. The predicted molar refractivity (Wildman–Crippen MR) is 92.2 cm³/mol. The third-order valence-electron chi connectivity index (χ3n) is 5.05. The topological polar surface area (TPSA) is 76.1 Å². The maximum Gasteiger partial charge on any atom is 0.305 e. The Morgan fingerprint density at radius 1 is 1.16 bits per heavy atom. The number of amides is 1. The van der Waals surface area contributed by atoms with Crippen molar-refractivity contribution in [3.05, 3.63) is 23.8 Å². The number of hydrogen-bond donors (Lipinski definition) is 1. The maximum atomic E-state index is 12.8. The third kappa shape index (κ3) is 4.06. The van der Waals surface area contributed by atoms with Crippen molar-refractivity contribution in [2.24, 2.45) is 0 Å². The standard InChI is InChI=1S/C19H25NO5/c1-24-17-11-13(8-9-16(17)25-15-6-2-3-7-15)19(23)20-10-4-5-14(20)12-18(21)22/h8-9,11,14-15H,2-7,10,12H2,1H3,(H,21,22). The molecule has 1 amide bonds. The fraction of sp³-hybridized carbons (Fsp3) is 0.579. The van der Waals surface area contributed by atoms with Crippen LogP contribution in [0.15, 0.2) is 18.2 Å². The van der Waals surface area contributed by atoms with Crippen molar-refractivity contribution >= 4 is 11.9 Å². The second-order valence-electron chi connectivity index (χ2n) is 6.78. The van der Waals surface area contributed by atoms with E-state index in [1.54, 1.807) is 30.2 Å². The number of hydrogen-bond acceptors (Lipinski definition) is 4. The first-order chi connectivity index (χ1) is 12.1. The SMILES string of the molecule is COc1cc(C(=O)N2CCCC2CC(=O)O)ccc1OC1CCCC1. The number of methoxy groups -OCH3 is 1. The number of rotatable bonds is 6. The molecule has 136 valence electrons. The van der Waals surface area contributed by atoms with Crippen molar-refractivity contribution in [2.45, 2.75) is 57.1 Å². The molecule has 1 atom stereocenters. The lowest BCUT2D eigenvalue weighted by atomic mass is 10.1. The van der Waals surface area contributed by atoms with Gasteiger partial charge in [-0.25, -0.2) is 0 Å². The molecule has 0 aromatic heterocycles. The number of ether oxygens (including phenoxy) is 2. The van der Waals surface area contributed by atoms with E-state index < -0.39 is 5.97 Å². The molecule has 1 heterocycles. The molecule has 1 aliphatic carbocycles. The molecule has 1 unspecified atom stereocenters. The molecule has 25 heavy (non-hydrogen) atoms. The van der Waals surface area contributed by atoms with Crippen LogP contribution in [0.4, 0.5) is 0 Å². The van der Waals surface area contributed by atoms with E-state index >= 15 is 0 Å². The Bertz CT molecular complexity index is 639. The van der Waals surface area contributed by atoms with E-state index in [2.05, 4.69) is 0 Å². The Balaban J connectivity index is 1.75. The molecule has 1 aliphatic heterocycles. The molecule has 6 heteroatoms. The van der Waals surface area contributed by atoms with Crippen LogP contribution >= 0.6 is 0 Å². The zero-order chi connectivity index (χ0) is 17.8. The average Bonchev–Trinajstić information content (AvgIpc) is 3.26. The van der Waals surface area contributed by atoms with Gasteiger partial charge in [0.15, 0.2) is 11.5 Å². The molecule has 1 saturated carbocycles. The van der Waals surface area contributed by atoms with Gasteiger partial charge < -0.3 is 19.5 Å². The highest BCUT2D eigenvalue weighted by Crippen LogP contribution is 2.33. The first-order valence-corrected chi connectivity index (χ1v) is 8.96. The van der Waals surface area contributed by atoms with E-state index in [9.17, 15) is 9.59 Å². The average molecular weight is 347 g/mol. The van der Waals surface area contributed by atoms with Crippen LogP contribution in [0, 0.1) is 0 Å². The minimum Gasteiger partial charge on any atom is -0.493 e. The summed E-state index contributed by atoms with van der Waals surface area (Å²) in [7, 11) is 1.56. The Hall–Kier alpha value is -2.24. The molecule has 2 fully saturated rings. The molecule has 6 nitrogen and oxygen atoms in total. The van der Waals surface area contributed by atoms with Gasteiger partial charge in [-0.1, -0.05) is 0 Å². The van der Waals surface area contributed by atoms with Crippen LogP contribution in [0.1, 0.15) is 55.3 Å². The summed E-state index contributed by atoms with van der Waals surface area (Å²) >= 11 is 0. The minimum absolute atomic E-state index is 0.00818. The second-order valence-corrected chi connectivity index (χ2v) is 6.78. The van der Waals surface area contributed by atoms with E-state index in [-0.39, 0.29) is 24.5 Å². The lowest BCUT2D eigenvalue weighted by Gasteiger charge is -2.24. The van der Waals surface area contributed by atoms with Gasteiger partial charge in [-0.2, -0.15) is 0 Å². The zero-order valence-corrected chi connectivity index (χ0v) is 14.6. The molecular formula is C19H25NO5. The van der Waals surface area contributed by atoms with E-state index in [1.165, 1.54) is 12.8 Å². The lowest BCUT2D eigenvalue weighted by Crippen LogP contribution is -2.36. The molecule has 0 bridgehead atoms. The quantitative estimate of drug-likeness (QED) is 0.856. The largest absolute Gasteiger partial charge is 0.493 e. The number of carbonyl (C=O) groups is 2. The van der Waals surface area contributed by atoms with Crippen molar-refractivity contribution in [1.82, 2.24) is 4.90 Å². The highest BCUT2D eigenvalue weighted by molar-refractivity contribution is 5.95. The van der Waals surface area contributed by atoms with Crippen LogP contribution < -0.4 is 9.47 Å². The van der Waals surface area contributed by atoms with Crippen LogP contribution in [0.2, 0.25) is 0 Å². The molecule has 1 N–H and O–H groups in total. The summed E-state index contributed by atoms with van der Waals surface area (Å²) in [6.07, 6.45) is 6.25. The van der Waals surface area contributed by atoms with Crippen LogP contribution in [0.25, 0.3) is 0 Å². The third-order valence-corrected chi connectivity index (χ3v) is 5.05. The number of carboxylic acids is 1. The number of aliphatic carboxylic acids is 1. The first-order valence-electron chi connectivity index (χ1n) is 8.96. The van der Waals surface area contributed by atoms with Crippen LogP contribution in [0.5, 0.6) is 11.5 Å². The predicted octanol–water partition coefficient (Wildman–Crippen LogP) is 3.10. The highest BCUT2D eigenvalue weighted by atomic mass is 16.5. The Morgan fingerprint density at radius 3 is 2.60 bits per heavy atom. The fourth-order valence-corrected chi connectivity index (χ4v) is 3.77. The van der Waals surface area contributed by atoms with Gasteiger partial charge in [0.25, 0.3) is 5.91 Å². The summed E-state index contributed by atoms with van der Waals surface area (Å²) in [6.45, 7) is 0.597. The van der Waals surface area contributed by atoms with Crippen LogP contribution in [-0.2, 0) is 4.79 Å². The number of likely N-dealkylation sites (tertiary alicyclic amines) is 1. The Kier molecular flexibility index (Phi) is 5.46. The summed E-state index contributed by atoms with van der Waals surface area (Å²) in [5.41, 5.74) is 0.507. The summed E-state index contributed by atoms with van der Waals surface area (Å²) < 4.78 is 11.4. The van der Waals surface area contributed by atoms with Crippen LogP contribution in [0.3, 0.4) is 0 Å². The normalized spacial score (nSPS) is 20.7. The van der Waals surface area contributed by atoms with Gasteiger partial charge in [-0.05, 0) is 56.7 Å². The monoisotopic (exact) mass is 347 g/mol. The summed E-state index contributed by atoms with van der Waals surface area (Å²) in [5, 5.41) is 9.02. The number of nitrogens with zero attached hydrogens (tertiary/aromatic N) is 1. The molecule has 1 aromatic rings. The number of benzene rings is 1. The lowest BCUT2D eigenvalue weighted by molar-refractivity contribution is -0.137. The summed E-state index contributed by atoms with van der Waals surface area (Å²) in [5.74, 6) is 0.193. The van der Waals surface area contributed by atoms with Crippen molar-refractivity contribution in [1.29, 1.82) is 0 Å². The van der Waals surface area contributed by atoms with Gasteiger partial charge in [0.05, 0.1) is 19.6 Å². The molecule has 2 aliphatic rings. The van der Waals surface area contributed by atoms with E-state index in [4.69, 9.17) is 14.6 Å². The van der Waals surface area contributed by atoms with Gasteiger partial charge in [0.1, 0.15) is 0 Å². The molecule has 0 spiro atoms. The number of carboxylic acid groups (broad SMARTS) is 1. The molecular weight excluding hydrogens is 322 g/mol. The first kappa shape index (κ1) is 17.6.